The molecule has 1 saturated carbocycles. The van der Waals surface area contributed by atoms with Gasteiger partial charge in [-0.05, 0) is 63.7 Å². The van der Waals surface area contributed by atoms with Gasteiger partial charge < -0.3 is 10.2 Å². The lowest BCUT2D eigenvalue weighted by atomic mass is 10.2. The van der Waals surface area contributed by atoms with Crippen molar-refractivity contribution in [1.29, 1.82) is 0 Å². The largest absolute Gasteiger partial charge is 0.317 e. The minimum absolute atomic E-state index is 0.870. The molecular weight excluding hydrogens is 288 g/mol. The third kappa shape index (κ3) is 7.17. The summed E-state index contributed by atoms with van der Waals surface area (Å²) in [6.07, 6.45) is 8.27. The fourth-order valence-electron chi connectivity index (χ4n) is 3.17. The zero-order valence-corrected chi connectivity index (χ0v) is 14.9. The Hall–Kier alpha value is -0.510. The summed E-state index contributed by atoms with van der Waals surface area (Å²) < 4.78 is 0. The minimum Gasteiger partial charge on any atom is -0.317 e. The maximum Gasteiger partial charge on any atom is 0.0184 e. The van der Waals surface area contributed by atoms with Crippen molar-refractivity contribution in [2.24, 2.45) is 0 Å². The molecule has 0 bridgehead atoms. The summed E-state index contributed by atoms with van der Waals surface area (Å²) in [6.45, 7) is 3.58. The summed E-state index contributed by atoms with van der Waals surface area (Å²) in [5.74, 6) is 2.40. The third-order valence-electron chi connectivity index (χ3n) is 4.57. The molecule has 0 aliphatic heterocycles. The first-order chi connectivity index (χ1) is 10.9. The van der Waals surface area contributed by atoms with Gasteiger partial charge in [-0.2, -0.15) is 11.8 Å². The van der Waals surface area contributed by atoms with E-state index in [1.54, 1.807) is 0 Å². The van der Waals surface area contributed by atoms with Gasteiger partial charge in [-0.25, -0.2) is 0 Å². The van der Waals surface area contributed by atoms with Gasteiger partial charge in [-0.1, -0.05) is 43.2 Å². The van der Waals surface area contributed by atoms with Crippen LogP contribution in [0, 0.1) is 0 Å². The Morgan fingerprint density at radius 3 is 2.59 bits per heavy atom. The highest BCUT2D eigenvalue weighted by molar-refractivity contribution is 7.98. The molecule has 2 rings (SSSR count). The van der Waals surface area contributed by atoms with Crippen LogP contribution >= 0.6 is 11.8 Å². The van der Waals surface area contributed by atoms with Gasteiger partial charge in [0, 0.05) is 11.8 Å². The number of hydrogen-bond donors (Lipinski definition) is 1. The van der Waals surface area contributed by atoms with E-state index in [4.69, 9.17) is 0 Å². The summed E-state index contributed by atoms with van der Waals surface area (Å²) >= 11 is 2.04. The summed E-state index contributed by atoms with van der Waals surface area (Å²) in [6, 6.07) is 11.6. The Bertz CT molecular complexity index is 376. The van der Waals surface area contributed by atoms with Crippen LogP contribution in [0.5, 0.6) is 0 Å². The van der Waals surface area contributed by atoms with Crippen LogP contribution in [0.4, 0.5) is 0 Å². The van der Waals surface area contributed by atoms with E-state index >= 15 is 0 Å². The van der Waals surface area contributed by atoms with Gasteiger partial charge in [-0.3, -0.25) is 0 Å². The molecule has 0 saturated heterocycles. The lowest BCUT2D eigenvalue weighted by Crippen LogP contribution is -2.32. The predicted octanol–water partition coefficient (Wildman–Crippen LogP) is 4.16. The van der Waals surface area contributed by atoms with E-state index < -0.39 is 0 Å². The number of benzene rings is 1. The van der Waals surface area contributed by atoms with E-state index in [-0.39, 0.29) is 0 Å². The molecule has 1 aliphatic rings. The monoisotopic (exact) mass is 320 g/mol. The Morgan fingerprint density at radius 2 is 1.82 bits per heavy atom. The summed E-state index contributed by atoms with van der Waals surface area (Å²) in [7, 11) is 2.30. The second kappa shape index (κ2) is 11.1. The van der Waals surface area contributed by atoms with Gasteiger partial charge in [0.25, 0.3) is 0 Å². The van der Waals surface area contributed by atoms with Gasteiger partial charge in [0.05, 0.1) is 0 Å². The first kappa shape index (κ1) is 17.8. The maximum absolute atomic E-state index is 3.59. The van der Waals surface area contributed by atoms with Crippen molar-refractivity contribution in [3.63, 3.8) is 0 Å². The van der Waals surface area contributed by atoms with Crippen LogP contribution in [0.15, 0.2) is 30.3 Å². The van der Waals surface area contributed by atoms with Gasteiger partial charge in [0.2, 0.25) is 0 Å². The SMILES string of the molecule is CN(CCCNCCCSCc1ccccc1)C1CCCC1. The van der Waals surface area contributed by atoms with E-state index in [1.165, 1.54) is 62.9 Å². The Morgan fingerprint density at radius 1 is 1.09 bits per heavy atom. The fourth-order valence-corrected chi connectivity index (χ4v) is 4.09. The number of hydrogen-bond acceptors (Lipinski definition) is 3. The minimum atomic E-state index is 0.870. The zero-order chi connectivity index (χ0) is 15.5. The molecule has 0 atom stereocenters. The smallest absolute Gasteiger partial charge is 0.0184 e. The van der Waals surface area contributed by atoms with Crippen LogP contribution in [0.3, 0.4) is 0 Å². The molecule has 1 aliphatic carbocycles. The molecule has 0 aromatic heterocycles. The quantitative estimate of drug-likeness (QED) is 0.616. The van der Waals surface area contributed by atoms with Crippen LogP contribution in [0.1, 0.15) is 44.1 Å². The second-order valence-electron chi connectivity index (χ2n) is 6.41. The summed E-state index contributed by atoms with van der Waals surface area (Å²) in [5.41, 5.74) is 1.44. The van der Waals surface area contributed by atoms with E-state index in [1.807, 2.05) is 11.8 Å². The highest BCUT2D eigenvalue weighted by Crippen LogP contribution is 2.22. The van der Waals surface area contributed by atoms with Crippen LogP contribution in [0.25, 0.3) is 0 Å². The van der Waals surface area contributed by atoms with Crippen molar-refractivity contribution in [1.82, 2.24) is 10.2 Å². The van der Waals surface area contributed by atoms with Crippen molar-refractivity contribution in [3.05, 3.63) is 35.9 Å². The average molecular weight is 321 g/mol. The van der Waals surface area contributed by atoms with Crippen molar-refractivity contribution >= 4 is 11.8 Å². The standard InChI is InChI=1S/C19H32N2S/c1-21(19-11-5-6-12-19)15-7-13-20-14-8-16-22-17-18-9-3-2-4-10-18/h2-4,9-10,19-20H,5-8,11-17H2,1H3. The summed E-state index contributed by atoms with van der Waals surface area (Å²) in [5, 5.41) is 3.59. The molecular formula is C19H32N2S. The van der Waals surface area contributed by atoms with Gasteiger partial charge in [-0.15, -0.1) is 0 Å². The average Bonchev–Trinajstić information content (AvgIpc) is 3.08. The molecule has 2 nitrogen and oxygen atoms in total. The molecule has 0 unspecified atom stereocenters. The highest BCUT2D eigenvalue weighted by atomic mass is 32.2. The molecule has 22 heavy (non-hydrogen) atoms. The van der Waals surface area contributed by atoms with Crippen LogP contribution in [-0.2, 0) is 5.75 Å². The zero-order valence-electron chi connectivity index (χ0n) is 14.1. The van der Waals surface area contributed by atoms with Gasteiger partial charge >= 0.3 is 0 Å². The molecule has 1 aromatic rings. The summed E-state index contributed by atoms with van der Waals surface area (Å²) in [4.78, 5) is 2.57. The third-order valence-corrected chi connectivity index (χ3v) is 5.68. The van der Waals surface area contributed by atoms with Crippen molar-refractivity contribution in [2.45, 2.75) is 50.3 Å². The topological polar surface area (TPSA) is 15.3 Å². The molecule has 3 heteroatoms. The highest BCUT2D eigenvalue weighted by Gasteiger charge is 2.18. The number of nitrogens with one attached hydrogen (secondary N) is 1. The van der Waals surface area contributed by atoms with Gasteiger partial charge in [0.15, 0.2) is 0 Å². The molecule has 124 valence electrons. The Balaban J connectivity index is 1.37. The van der Waals surface area contributed by atoms with Crippen LogP contribution < -0.4 is 5.32 Å². The van der Waals surface area contributed by atoms with Gasteiger partial charge in [0.1, 0.15) is 0 Å². The first-order valence-corrected chi connectivity index (χ1v) is 10.0. The first-order valence-electron chi connectivity index (χ1n) is 8.89. The Labute approximate surface area is 141 Å². The van der Waals surface area contributed by atoms with Crippen molar-refractivity contribution in [2.75, 3.05) is 32.4 Å². The predicted molar refractivity (Wildman–Crippen MR) is 99.6 cm³/mol. The molecule has 0 amide bonds. The van der Waals surface area contributed by atoms with E-state index in [0.717, 1.165) is 18.3 Å². The van der Waals surface area contributed by atoms with E-state index in [2.05, 4.69) is 47.6 Å². The van der Waals surface area contributed by atoms with E-state index in [9.17, 15) is 0 Å². The lowest BCUT2D eigenvalue weighted by molar-refractivity contribution is 0.242. The number of thioether (sulfide) groups is 1. The molecule has 0 heterocycles. The maximum atomic E-state index is 3.59. The Kier molecular flexibility index (Phi) is 8.99. The second-order valence-corrected chi connectivity index (χ2v) is 7.52. The molecule has 1 N–H and O–H groups in total. The van der Waals surface area contributed by atoms with E-state index in [0.29, 0.717) is 0 Å². The van der Waals surface area contributed by atoms with Crippen LogP contribution in [0.2, 0.25) is 0 Å². The normalized spacial score (nSPS) is 15.7. The molecule has 0 spiro atoms. The number of nitrogens with zero attached hydrogens (tertiary/aromatic N) is 1. The molecule has 0 radical (unpaired) electrons. The van der Waals surface area contributed by atoms with Crippen LogP contribution in [-0.4, -0.2) is 43.4 Å². The van der Waals surface area contributed by atoms with Crippen molar-refractivity contribution < 1.29 is 0 Å². The molecule has 1 fully saturated rings. The van der Waals surface area contributed by atoms with Crippen molar-refractivity contribution in [3.8, 4) is 0 Å². The fraction of sp³-hybridized carbons (Fsp3) is 0.684. The number of rotatable bonds is 11. The lowest BCUT2D eigenvalue weighted by Gasteiger charge is -2.23. The molecule has 1 aromatic carbocycles.